The van der Waals surface area contributed by atoms with E-state index in [9.17, 15) is 19.8 Å². The van der Waals surface area contributed by atoms with Crippen molar-refractivity contribution >= 4 is 11.9 Å². The maximum Gasteiger partial charge on any atom is 0.324 e. The van der Waals surface area contributed by atoms with Gasteiger partial charge in [0, 0.05) is 0 Å². The minimum Gasteiger partial charge on any atom is -0.480 e. The van der Waals surface area contributed by atoms with Crippen LogP contribution in [0.1, 0.15) is 104 Å². The van der Waals surface area contributed by atoms with Gasteiger partial charge < -0.3 is 10.2 Å². The molecule has 2 unspecified atom stereocenters. The second kappa shape index (κ2) is 10.9. The Labute approximate surface area is 159 Å². The minimum atomic E-state index is -1.02. The molecule has 5 heteroatoms. The zero-order valence-corrected chi connectivity index (χ0v) is 17.1. The highest BCUT2D eigenvalue weighted by Crippen LogP contribution is 2.46. The third kappa shape index (κ3) is 5.21. The van der Waals surface area contributed by atoms with Crippen molar-refractivity contribution < 1.29 is 19.8 Å². The Balaban J connectivity index is 2.79. The molecular weight excluding hydrogens is 330 g/mol. The van der Waals surface area contributed by atoms with E-state index in [1.807, 2.05) is 0 Å². The summed E-state index contributed by atoms with van der Waals surface area (Å²) in [7, 11) is 1.73. The number of rotatable bonds is 14. The van der Waals surface area contributed by atoms with Crippen LogP contribution in [0, 0.1) is 0 Å². The molecule has 2 N–H and O–H groups in total. The molecule has 152 valence electrons. The summed E-state index contributed by atoms with van der Waals surface area (Å²) >= 11 is 0. The molecule has 0 aliphatic carbocycles. The summed E-state index contributed by atoms with van der Waals surface area (Å²) in [4.78, 5) is 26.0. The van der Waals surface area contributed by atoms with Crippen molar-refractivity contribution in [3.05, 3.63) is 0 Å². The maximum atomic E-state index is 12.1. The Kier molecular flexibility index (Phi) is 9.62. The smallest absolute Gasteiger partial charge is 0.324 e. The van der Waals surface area contributed by atoms with E-state index in [0.717, 1.165) is 51.4 Å². The van der Waals surface area contributed by atoms with Gasteiger partial charge in [-0.05, 0) is 32.7 Å². The Morgan fingerprint density at radius 1 is 0.731 bits per heavy atom. The average Bonchev–Trinajstić information content (AvgIpc) is 2.89. The number of carboxylic acid groups (broad SMARTS) is 2. The number of hydrogen-bond donors (Lipinski definition) is 2. The molecule has 2 atom stereocenters. The van der Waals surface area contributed by atoms with Crippen LogP contribution >= 0.6 is 0 Å². The summed E-state index contributed by atoms with van der Waals surface area (Å²) < 4.78 is 0. The molecule has 0 bridgehead atoms. The van der Waals surface area contributed by atoms with Crippen LogP contribution in [-0.2, 0) is 9.59 Å². The second-order valence-electron chi connectivity index (χ2n) is 8.06. The van der Waals surface area contributed by atoms with Crippen molar-refractivity contribution in [1.82, 2.24) is 4.90 Å². The standard InChI is InChI=1S/C21H39NO4/c1-4-6-8-10-12-14-20(18(23)24)16-17-21(19(25)26,22(20)3)15-13-11-9-7-5-2/h4-17H2,1-3H3,(H,23,24)(H,25,26). The molecule has 0 aromatic heterocycles. The van der Waals surface area contributed by atoms with Crippen LogP contribution < -0.4 is 0 Å². The van der Waals surface area contributed by atoms with Gasteiger partial charge in [0.05, 0.1) is 0 Å². The first-order valence-corrected chi connectivity index (χ1v) is 10.6. The minimum absolute atomic E-state index is 0.438. The Hall–Kier alpha value is -1.10. The Bertz CT molecular complexity index is 413. The van der Waals surface area contributed by atoms with Crippen LogP contribution in [0.4, 0.5) is 0 Å². The molecule has 0 aromatic carbocycles. The van der Waals surface area contributed by atoms with Gasteiger partial charge in [-0.25, -0.2) is 0 Å². The number of unbranched alkanes of at least 4 members (excludes halogenated alkanes) is 8. The number of nitrogens with zero attached hydrogens (tertiary/aromatic N) is 1. The summed E-state index contributed by atoms with van der Waals surface area (Å²) in [6.45, 7) is 4.32. The molecule has 5 nitrogen and oxygen atoms in total. The average molecular weight is 370 g/mol. The number of carbonyl (C=O) groups is 2. The van der Waals surface area contributed by atoms with E-state index >= 15 is 0 Å². The first kappa shape index (κ1) is 22.9. The van der Waals surface area contributed by atoms with Crippen LogP contribution in [0.2, 0.25) is 0 Å². The number of likely N-dealkylation sites (N-methyl/N-ethyl adjacent to an activating group) is 1. The lowest BCUT2D eigenvalue weighted by molar-refractivity contribution is -0.159. The van der Waals surface area contributed by atoms with Crippen LogP contribution in [0.15, 0.2) is 0 Å². The fourth-order valence-electron chi connectivity index (χ4n) is 4.50. The normalized spacial score (nSPS) is 26.3. The van der Waals surface area contributed by atoms with Gasteiger partial charge in [0.15, 0.2) is 0 Å². The summed E-state index contributed by atoms with van der Waals surface area (Å²) in [5.74, 6) is -1.71. The maximum absolute atomic E-state index is 12.1. The number of carboxylic acids is 2. The SMILES string of the molecule is CCCCCCCC1(C(=O)O)CCC(CCCCCCC)(C(=O)O)N1C. The summed E-state index contributed by atoms with van der Waals surface area (Å²) in [5, 5.41) is 19.9. The zero-order chi connectivity index (χ0) is 19.6. The van der Waals surface area contributed by atoms with Crippen molar-refractivity contribution in [1.29, 1.82) is 0 Å². The lowest BCUT2D eigenvalue weighted by Crippen LogP contribution is -2.59. The Morgan fingerprint density at radius 3 is 1.38 bits per heavy atom. The molecule has 1 aliphatic heterocycles. The van der Waals surface area contributed by atoms with E-state index < -0.39 is 23.0 Å². The molecule has 1 heterocycles. The van der Waals surface area contributed by atoms with Crippen LogP contribution in [-0.4, -0.2) is 45.2 Å². The lowest BCUT2D eigenvalue weighted by Gasteiger charge is -2.40. The van der Waals surface area contributed by atoms with Gasteiger partial charge in [0.1, 0.15) is 11.1 Å². The summed E-state index contributed by atoms with van der Waals surface area (Å²) in [6.07, 6.45) is 12.6. The van der Waals surface area contributed by atoms with Gasteiger partial charge in [-0.2, -0.15) is 0 Å². The van der Waals surface area contributed by atoms with E-state index in [2.05, 4.69) is 13.8 Å². The number of hydrogen-bond acceptors (Lipinski definition) is 3. The molecule has 0 radical (unpaired) electrons. The fourth-order valence-corrected chi connectivity index (χ4v) is 4.50. The third-order valence-electron chi connectivity index (χ3n) is 6.42. The summed E-state index contributed by atoms with van der Waals surface area (Å²) in [6, 6.07) is 0. The van der Waals surface area contributed by atoms with E-state index in [-0.39, 0.29) is 0 Å². The topological polar surface area (TPSA) is 77.8 Å². The highest BCUT2D eigenvalue weighted by molar-refractivity contribution is 5.85. The highest BCUT2D eigenvalue weighted by atomic mass is 16.4. The number of likely N-dealkylation sites (tertiary alicyclic amines) is 1. The first-order valence-electron chi connectivity index (χ1n) is 10.6. The molecule has 0 saturated carbocycles. The predicted octanol–water partition coefficient (Wildman–Crippen LogP) is 5.08. The predicted molar refractivity (Wildman–Crippen MR) is 104 cm³/mol. The van der Waals surface area contributed by atoms with Crippen molar-refractivity contribution in [2.75, 3.05) is 7.05 Å². The van der Waals surface area contributed by atoms with Gasteiger partial charge in [-0.15, -0.1) is 0 Å². The van der Waals surface area contributed by atoms with E-state index in [1.165, 1.54) is 12.8 Å². The zero-order valence-electron chi connectivity index (χ0n) is 17.1. The summed E-state index contributed by atoms with van der Waals surface area (Å²) in [5.41, 5.74) is -2.04. The van der Waals surface area contributed by atoms with Crippen molar-refractivity contribution in [3.8, 4) is 0 Å². The van der Waals surface area contributed by atoms with E-state index in [0.29, 0.717) is 25.7 Å². The van der Waals surface area contributed by atoms with Gasteiger partial charge >= 0.3 is 11.9 Å². The van der Waals surface area contributed by atoms with Crippen molar-refractivity contribution in [2.24, 2.45) is 0 Å². The van der Waals surface area contributed by atoms with E-state index in [4.69, 9.17) is 0 Å². The van der Waals surface area contributed by atoms with Crippen LogP contribution in [0.3, 0.4) is 0 Å². The second-order valence-corrected chi connectivity index (χ2v) is 8.06. The van der Waals surface area contributed by atoms with Crippen molar-refractivity contribution in [2.45, 2.75) is 115 Å². The monoisotopic (exact) mass is 369 g/mol. The molecule has 1 saturated heterocycles. The van der Waals surface area contributed by atoms with E-state index in [1.54, 1.807) is 11.9 Å². The molecule has 1 fully saturated rings. The largest absolute Gasteiger partial charge is 0.480 e. The van der Waals surface area contributed by atoms with Gasteiger partial charge in [-0.3, -0.25) is 14.5 Å². The van der Waals surface area contributed by atoms with Gasteiger partial charge in [0.25, 0.3) is 0 Å². The third-order valence-corrected chi connectivity index (χ3v) is 6.42. The number of aliphatic carboxylic acids is 2. The quantitative estimate of drug-likeness (QED) is 0.417. The molecule has 0 amide bonds. The first-order chi connectivity index (χ1) is 12.4. The highest BCUT2D eigenvalue weighted by Gasteiger charge is 2.59. The fraction of sp³-hybridized carbons (Fsp3) is 0.905. The molecule has 0 aromatic rings. The molecule has 26 heavy (non-hydrogen) atoms. The van der Waals surface area contributed by atoms with Gasteiger partial charge in [0.2, 0.25) is 0 Å². The van der Waals surface area contributed by atoms with Crippen LogP contribution in [0.5, 0.6) is 0 Å². The van der Waals surface area contributed by atoms with Crippen molar-refractivity contribution in [3.63, 3.8) is 0 Å². The Morgan fingerprint density at radius 2 is 1.08 bits per heavy atom. The molecule has 1 rings (SSSR count). The van der Waals surface area contributed by atoms with Crippen LogP contribution in [0.25, 0.3) is 0 Å². The molecule has 0 spiro atoms. The van der Waals surface area contributed by atoms with Gasteiger partial charge in [-0.1, -0.05) is 78.1 Å². The molecular formula is C21H39NO4. The lowest BCUT2D eigenvalue weighted by atomic mass is 9.89. The molecule has 1 aliphatic rings.